The van der Waals surface area contributed by atoms with Gasteiger partial charge >= 0.3 is 5.97 Å². The van der Waals surface area contributed by atoms with E-state index in [0.29, 0.717) is 22.8 Å². The minimum atomic E-state index is -1.03. The quantitative estimate of drug-likeness (QED) is 0.832. The van der Waals surface area contributed by atoms with Gasteiger partial charge in [0.05, 0.1) is 6.61 Å². The first-order valence-electron chi connectivity index (χ1n) is 4.87. The third-order valence-corrected chi connectivity index (χ3v) is 2.34. The van der Waals surface area contributed by atoms with E-state index in [1.54, 1.807) is 25.1 Å². The summed E-state index contributed by atoms with van der Waals surface area (Å²) >= 11 is 5.75. The Bertz CT molecular complexity index is 378. The topological polar surface area (TPSA) is 66.8 Å². The van der Waals surface area contributed by atoms with Crippen LogP contribution in [-0.2, 0) is 11.4 Å². The van der Waals surface area contributed by atoms with E-state index in [1.165, 1.54) is 0 Å². The van der Waals surface area contributed by atoms with E-state index < -0.39 is 12.1 Å². The molecule has 5 heteroatoms. The number of ether oxygens (including phenoxy) is 1. The molecule has 0 radical (unpaired) electrons. The first kappa shape index (κ1) is 12.8. The van der Waals surface area contributed by atoms with Crippen LogP contribution in [0.15, 0.2) is 18.2 Å². The van der Waals surface area contributed by atoms with E-state index in [4.69, 9.17) is 26.6 Å². The molecule has 0 spiro atoms. The second kappa shape index (κ2) is 5.72. The molecule has 1 atom stereocenters. The molecule has 2 N–H and O–H groups in total. The van der Waals surface area contributed by atoms with E-state index in [9.17, 15) is 4.79 Å². The van der Waals surface area contributed by atoms with E-state index in [0.717, 1.165) is 0 Å². The van der Waals surface area contributed by atoms with E-state index >= 15 is 0 Å². The smallest absolute Gasteiger partial charge is 0.344 e. The highest BCUT2D eigenvalue weighted by Gasteiger charge is 2.18. The Morgan fingerprint density at radius 3 is 2.75 bits per heavy atom. The van der Waals surface area contributed by atoms with Gasteiger partial charge in [-0.05, 0) is 24.6 Å². The predicted octanol–water partition coefficient (Wildman–Crippen LogP) is 2.07. The van der Waals surface area contributed by atoms with Crippen molar-refractivity contribution in [2.75, 3.05) is 0 Å². The van der Waals surface area contributed by atoms with Crippen molar-refractivity contribution >= 4 is 17.6 Å². The number of carbonyl (C=O) groups is 1. The molecule has 0 saturated heterocycles. The summed E-state index contributed by atoms with van der Waals surface area (Å²) in [5.74, 6) is -0.678. The fourth-order valence-electron chi connectivity index (χ4n) is 1.25. The lowest BCUT2D eigenvalue weighted by molar-refractivity contribution is -0.145. The Kier molecular flexibility index (Phi) is 4.58. The number of rotatable bonds is 5. The summed E-state index contributed by atoms with van der Waals surface area (Å²) in [4.78, 5) is 10.8. The monoisotopic (exact) mass is 244 g/mol. The summed E-state index contributed by atoms with van der Waals surface area (Å²) in [6.07, 6.45) is -0.561. The SMILES string of the molecule is CCC(Oc1ccc(Cl)cc1CO)C(=O)O. The number of carboxylic acid groups (broad SMARTS) is 1. The first-order chi connectivity index (χ1) is 7.58. The Morgan fingerprint density at radius 2 is 2.25 bits per heavy atom. The molecular formula is C11H13ClO4. The number of hydrogen-bond donors (Lipinski definition) is 2. The van der Waals surface area contributed by atoms with Crippen molar-refractivity contribution in [2.45, 2.75) is 26.1 Å². The van der Waals surface area contributed by atoms with E-state index in [-0.39, 0.29) is 6.61 Å². The maximum Gasteiger partial charge on any atom is 0.344 e. The van der Waals surface area contributed by atoms with Crippen molar-refractivity contribution in [3.63, 3.8) is 0 Å². The van der Waals surface area contributed by atoms with Crippen LogP contribution in [0, 0.1) is 0 Å². The molecule has 16 heavy (non-hydrogen) atoms. The normalized spacial score (nSPS) is 12.2. The van der Waals surface area contributed by atoms with Gasteiger partial charge in [0.1, 0.15) is 5.75 Å². The molecule has 0 heterocycles. The van der Waals surface area contributed by atoms with Crippen molar-refractivity contribution in [1.29, 1.82) is 0 Å². The third kappa shape index (κ3) is 3.12. The lowest BCUT2D eigenvalue weighted by Crippen LogP contribution is -2.26. The highest BCUT2D eigenvalue weighted by molar-refractivity contribution is 6.30. The van der Waals surface area contributed by atoms with E-state index in [2.05, 4.69) is 0 Å². The van der Waals surface area contributed by atoms with Gasteiger partial charge in [-0.2, -0.15) is 0 Å². The molecule has 4 nitrogen and oxygen atoms in total. The van der Waals surface area contributed by atoms with Crippen LogP contribution in [-0.4, -0.2) is 22.3 Å². The minimum Gasteiger partial charge on any atom is -0.479 e. The Labute approximate surface area is 98.4 Å². The molecule has 0 amide bonds. The molecule has 1 unspecified atom stereocenters. The number of halogens is 1. The van der Waals surface area contributed by atoms with Gasteiger partial charge in [0.2, 0.25) is 0 Å². The van der Waals surface area contributed by atoms with Gasteiger partial charge < -0.3 is 14.9 Å². The van der Waals surface area contributed by atoms with Crippen LogP contribution in [0.25, 0.3) is 0 Å². The summed E-state index contributed by atoms with van der Waals surface area (Å²) in [5, 5.41) is 18.4. The number of aliphatic hydroxyl groups is 1. The van der Waals surface area contributed by atoms with Crippen molar-refractivity contribution in [3.05, 3.63) is 28.8 Å². The number of hydrogen-bond acceptors (Lipinski definition) is 3. The minimum absolute atomic E-state index is 0.244. The number of carboxylic acids is 1. The highest BCUT2D eigenvalue weighted by Crippen LogP contribution is 2.24. The summed E-state index contributed by atoms with van der Waals surface area (Å²) in [5.41, 5.74) is 0.479. The highest BCUT2D eigenvalue weighted by atomic mass is 35.5. The largest absolute Gasteiger partial charge is 0.479 e. The van der Waals surface area contributed by atoms with Gasteiger partial charge in [-0.15, -0.1) is 0 Å². The molecule has 0 fully saturated rings. The fraction of sp³-hybridized carbons (Fsp3) is 0.364. The molecule has 0 aromatic heterocycles. The summed E-state index contributed by atoms with van der Waals surface area (Å²) < 4.78 is 5.28. The average molecular weight is 245 g/mol. The van der Waals surface area contributed by atoms with Gasteiger partial charge in [0, 0.05) is 10.6 Å². The van der Waals surface area contributed by atoms with Crippen LogP contribution < -0.4 is 4.74 Å². The molecule has 0 bridgehead atoms. The molecule has 0 aliphatic carbocycles. The summed E-state index contributed by atoms with van der Waals surface area (Å²) in [6, 6.07) is 4.69. The summed E-state index contributed by atoms with van der Waals surface area (Å²) in [6.45, 7) is 1.47. The lowest BCUT2D eigenvalue weighted by atomic mass is 10.2. The molecule has 1 aromatic rings. The van der Waals surface area contributed by atoms with Gasteiger partial charge in [0.15, 0.2) is 6.10 Å². The third-order valence-electron chi connectivity index (χ3n) is 2.11. The average Bonchev–Trinajstić information content (AvgIpc) is 2.26. The Morgan fingerprint density at radius 1 is 1.56 bits per heavy atom. The maximum atomic E-state index is 10.8. The second-order valence-electron chi connectivity index (χ2n) is 3.26. The zero-order valence-corrected chi connectivity index (χ0v) is 9.57. The molecule has 0 aliphatic heterocycles. The molecule has 88 valence electrons. The van der Waals surface area contributed by atoms with E-state index in [1.807, 2.05) is 0 Å². The zero-order valence-electron chi connectivity index (χ0n) is 8.81. The molecule has 0 saturated carbocycles. The van der Waals surface area contributed by atoms with Crippen LogP contribution in [0.2, 0.25) is 5.02 Å². The maximum absolute atomic E-state index is 10.8. The zero-order chi connectivity index (χ0) is 12.1. The van der Waals surface area contributed by atoms with Crippen LogP contribution >= 0.6 is 11.6 Å². The van der Waals surface area contributed by atoms with Crippen molar-refractivity contribution < 1.29 is 19.7 Å². The fourth-order valence-corrected chi connectivity index (χ4v) is 1.44. The number of aliphatic hydroxyl groups excluding tert-OH is 1. The van der Waals surface area contributed by atoms with Crippen molar-refractivity contribution in [3.8, 4) is 5.75 Å². The van der Waals surface area contributed by atoms with Gasteiger partial charge in [-0.1, -0.05) is 18.5 Å². The predicted molar refractivity (Wildman–Crippen MR) is 59.7 cm³/mol. The van der Waals surface area contributed by atoms with Crippen LogP contribution in [0.1, 0.15) is 18.9 Å². The van der Waals surface area contributed by atoms with Gasteiger partial charge in [-0.3, -0.25) is 0 Å². The van der Waals surface area contributed by atoms with Crippen LogP contribution in [0.5, 0.6) is 5.75 Å². The molecule has 1 rings (SSSR count). The van der Waals surface area contributed by atoms with Crippen molar-refractivity contribution in [2.24, 2.45) is 0 Å². The number of aliphatic carboxylic acids is 1. The molecule has 1 aromatic carbocycles. The molecular weight excluding hydrogens is 232 g/mol. The first-order valence-corrected chi connectivity index (χ1v) is 5.25. The van der Waals surface area contributed by atoms with Crippen LogP contribution in [0.4, 0.5) is 0 Å². The van der Waals surface area contributed by atoms with Crippen molar-refractivity contribution in [1.82, 2.24) is 0 Å². The van der Waals surface area contributed by atoms with Gasteiger partial charge in [0.25, 0.3) is 0 Å². The Balaban J connectivity index is 2.91. The molecule has 0 aliphatic rings. The number of benzene rings is 1. The second-order valence-corrected chi connectivity index (χ2v) is 3.70. The lowest BCUT2D eigenvalue weighted by Gasteiger charge is -2.15. The standard InChI is InChI=1S/C11H13ClO4/c1-2-9(11(14)15)16-10-4-3-8(12)5-7(10)6-13/h3-5,9,13H,2,6H2,1H3,(H,14,15). The van der Waals surface area contributed by atoms with Crippen LogP contribution in [0.3, 0.4) is 0 Å². The Hall–Kier alpha value is -1.26. The summed E-state index contributed by atoms with van der Waals surface area (Å²) in [7, 11) is 0. The van der Waals surface area contributed by atoms with Gasteiger partial charge in [-0.25, -0.2) is 4.79 Å².